The van der Waals surface area contributed by atoms with E-state index in [0.29, 0.717) is 12.1 Å². The molecule has 0 unspecified atom stereocenters. The monoisotopic (exact) mass is 288 g/mol. The van der Waals surface area contributed by atoms with Crippen LogP contribution < -0.4 is 10.6 Å². The zero-order valence-electron chi connectivity index (χ0n) is 11.0. The number of benzene rings is 1. The summed E-state index contributed by atoms with van der Waals surface area (Å²) in [6, 6.07) is 5.41. The van der Waals surface area contributed by atoms with Crippen molar-refractivity contribution >= 4 is 23.2 Å². The van der Waals surface area contributed by atoms with Gasteiger partial charge in [0.25, 0.3) is 0 Å². The molecule has 0 aliphatic rings. The highest BCUT2D eigenvalue weighted by atomic mass is 19.4. The maximum atomic E-state index is 12.0. The van der Waals surface area contributed by atoms with Crippen molar-refractivity contribution in [3.63, 3.8) is 0 Å². The lowest BCUT2D eigenvalue weighted by molar-refractivity contribution is -0.167. The Morgan fingerprint density at radius 2 is 1.50 bits per heavy atom. The lowest BCUT2D eigenvalue weighted by Gasteiger charge is -2.10. The van der Waals surface area contributed by atoms with Gasteiger partial charge in [-0.15, -0.1) is 0 Å². The van der Waals surface area contributed by atoms with E-state index in [4.69, 9.17) is 0 Å². The highest BCUT2D eigenvalue weighted by molar-refractivity contribution is 5.95. The van der Waals surface area contributed by atoms with E-state index in [1.165, 1.54) is 24.3 Å². The molecule has 1 aromatic carbocycles. The van der Waals surface area contributed by atoms with Crippen LogP contribution in [0.3, 0.4) is 0 Å². The molecule has 0 heterocycles. The summed E-state index contributed by atoms with van der Waals surface area (Å²) in [5.74, 6) is -2.00. The molecule has 0 saturated carbocycles. The highest BCUT2D eigenvalue weighted by Crippen LogP contribution is 2.19. The van der Waals surface area contributed by atoms with Crippen molar-refractivity contribution in [2.75, 3.05) is 10.6 Å². The fraction of sp³-hybridized carbons (Fsp3) is 0.385. The minimum atomic E-state index is -4.93. The molecule has 4 nitrogen and oxygen atoms in total. The molecular formula is C13H15F3N2O2. The van der Waals surface area contributed by atoms with E-state index in [-0.39, 0.29) is 17.5 Å². The highest BCUT2D eigenvalue weighted by Gasteiger charge is 2.38. The summed E-state index contributed by atoms with van der Waals surface area (Å²) in [5, 5.41) is 4.33. The van der Waals surface area contributed by atoms with Crippen molar-refractivity contribution in [1.29, 1.82) is 0 Å². The van der Waals surface area contributed by atoms with E-state index in [0.717, 1.165) is 0 Å². The van der Waals surface area contributed by atoms with Gasteiger partial charge in [0.05, 0.1) is 0 Å². The number of alkyl halides is 3. The summed E-state index contributed by atoms with van der Waals surface area (Å²) in [6.45, 7) is 3.80. The molecule has 0 atom stereocenters. The van der Waals surface area contributed by atoms with Gasteiger partial charge in [0.15, 0.2) is 0 Å². The van der Waals surface area contributed by atoms with Crippen LogP contribution in [0.15, 0.2) is 24.3 Å². The Bertz CT molecular complexity index is 481. The van der Waals surface area contributed by atoms with Crippen molar-refractivity contribution in [3.8, 4) is 0 Å². The summed E-state index contributed by atoms with van der Waals surface area (Å²) in [5.41, 5.74) is 0.467. The van der Waals surface area contributed by atoms with E-state index in [2.05, 4.69) is 5.32 Å². The molecule has 0 aliphatic heterocycles. The first-order valence-corrected chi connectivity index (χ1v) is 5.96. The number of nitrogens with one attached hydrogen (secondary N) is 2. The smallest absolute Gasteiger partial charge is 0.326 e. The van der Waals surface area contributed by atoms with Crippen LogP contribution >= 0.6 is 0 Å². The van der Waals surface area contributed by atoms with Crippen LogP contribution in [0.25, 0.3) is 0 Å². The zero-order chi connectivity index (χ0) is 15.3. The van der Waals surface area contributed by atoms with Gasteiger partial charge in [-0.25, -0.2) is 0 Å². The Morgan fingerprint density at radius 3 is 1.90 bits per heavy atom. The second kappa shape index (κ2) is 6.40. The number of amides is 2. The van der Waals surface area contributed by atoms with E-state index in [1.54, 1.807) is 5.32 Å². The first kappa shape index (κ1) is 16.0. The Labute approximate surface area is 114 Å². The number of carbonyl (C=O) groups is 2. The second-order valence-corrected chi connectivity index (χ2v) is 4.68. The van der Waals surface area contributed by atoms with E-state index in [1.807, 2.05) is 13.8 Å². The van der Waals surface area contributed by atoms with Crippen LogP contribution in [0.2, 0.25) is 0 Å². The van der Waals surface area contributed by atoms with Crippen molar-refractivity contribution < 1.29 is 22.8 Å². The van der Waals surface area contributed by atoms with Gasteiger partial charge < -0.3 is 10.6 Å². The molecule has 0 spiro atoms. The topological polar surface area (TPSA) is 58.2 Å². The van der Waals surface area contributed by atoms with Gasteiger partial charge in [-0.2, -0.15) is 13.2 Å². The van der Waals surface area contributed by atoms with E-state index in [9.17, 15) is 22.8 Å². The fourth-order valence-corrected chi connectivity index (χ4v) is 1.42. The molecule has 0 aliphatic carbocycles. The van der Waals surface area contributed by atoms with Gasteiger partial charge >= 0.3 is 12.1 Å². The van der Waals surface area contributed by atoms with Crippen LogP contribution in [0.4, 0.5) is 24.5 Å². The van der Waals surface area contributed by atoms with Gasteiger partial charge in [-0.1, -0.05) is 13.8 Å². The number of anilines is 2. The Kier molecular flexibility index (Phi) is 5.12. The third-order valence-corrected chi connectivity index (χ3v) is 2.28. The van der Waals surface area contributed by atoms with Crippen LogP contribution in [-0.4, -0.2) is 18.0 Å². The summed E-state index contributed by atoms with van der Waals surface area (Å²) >= 11 is 0. The molecule has 110 valence electrons. The third-order valence-electron chi connectivity index (χ3n) is 2.28. The van der Waals surface area contributed by atoms with Gasteiger partial charge in [-0.3, -0.25) is 9.59 Å². The molecule has 0 saturated heterocycles. The Balaban J connectivity index is 2.61. The lowest BCUT2D eigenvalue weighted by atomic mass is 10.1. The van der Waals surface area contributed by atoms with Crippen molar-refractivity contribution in [2.24, 2.45) is 5.92 Å². The molecule has 7 heteroatoms. The number of hydrogen-bond donors (Lipinski definition) is 2. The quantitative estimate of drug-likeness (QED) is 0.894. The molecule has 0 aromatic heterocycles. The van der Waals surface area contributed by atoms with Crippen molar-refractivity contribution in [2.45, 2.75) is 26.4 Å². The average Bonchev–Trinajstić information content (AvgIpc) is 2.29. The third kappa shape index (κ3) is 5.29. The maximum Gasteiger partial charge on any atom is 0.471 e. The van der Waals surface area contributed by atoms with Crippen molar-refractivity contribution in [3.05, 3.63) is 24.3 Å². The minimum absolute atomic E-state index is 0.00850. The molecule has 20 heavy (non-hydrogen) atoms. The molecule has 2 amide bonds. The van der Waals surface area contributed by atoms with Crippen LogP contribution in [-0.2, 0) is 9.59 Å². The molecule has 0 fully saturated rings. The molecule has 2 N–H and O–H groups in total. The van der Waals surface area contributed by atoms with Gasteiger partial charge in [0.1, 0.15) is 0 Å². The minimum Gasteiger partial charge on any atom is -0.326 e. The van der Waals surface area contributed by atoms with Gasteiger partial charge in [0, 0.05) is 17.8 Å². The summed E-state index contributed by atoms with van der Waals surface area (Å²) in [4.78, 5) is 22.2. The summed E-state index contributed by atoms with van der Waals surface area (Å²) in [6.07, 6.45) is -4.57. The Hall–Kier alpha value is -2.05. The zero-order valence-corrected chi connectivity index (χ0v) is 11.0. The first-order valence-electron chi connectivity index (χ1n) is 5.96. The molecule has 0 radical (unpaired) electrons. The second-order valence-electron chi connectivity index (χ2n) is 4.68. The Morgan fingerprint density at radius 1 is 1.05 bits per heavy atom. The number of rotatable bonds is 4. The van der Waals surface area contributed by atoms with Crippen LogP contribution in [0, 0.1) is 5.92 Å². The molecule has 0 bridgehead atoms. The lowest BCUT2D eigenvalue weighted by Crippen LogP contribution is -2.29. The molecular weight excluding hydrogens is 273 g/mol. The number of halogens is 3. The van der Waals surface area contributed by atoms with Crippen molar-refractivity contribution in [1.82, 2.24) is 0 Å². The normalized spacial score (nSPS) is 11.3. The molecule has 1 rings (SSSR count). The fourth-order valence-electron chi connectivity index (χ4n) is 1.42. The number of hydrogen-bond acceptors (Lipinski definition) is 2. The predicted molar refractivity (Wildman–Crippen MR) is 69.2 cm³/mol. The average molecular weight is 288 g/mol. The van der Waals surface area contributed by atoms with Gasteiger partial charge in [0.2, 0.25) is 5.91 Å². The first-order chi connectivity index (χ1) is 9.18. The molecule has 1 aromatic rings. The van der Waals surface area contributed by atoms with E-state index < -0.39 is 12.1 Å². The van der Waals surface area contributed by atoms with Gasteiger partial charge in [-0.05, 0) is 30.2 Å². The SMILES string of the molecule is CC(C)CC(=O)Nc1ccc(NC(=O)C(F)(F)F)cc1. The van der Waals surface area contributed by atoms with Crippen LogP contribution in [0.5, 0.6) is 0 Å². The number of carbonyl (C=O) groups excluding carboxylic acids is 2. The van der Waals surface area contributed by atoms with Crippen LogP contribution in [0.1, 0.15) is 20.3 Å². The predicted octanol–water partition coefficient (Wildman–Crippen LogP) is 3.17. The maximum absolute atomic E-state index is 12.0. The largest absolute Gasteiger partial charge is 0.471 e. The standard InChI is InChI=1S/C13H15F3N2O2/c1-8(2)7-11(19)17-9-3-5-10(6-4-9)18-12(20)13(14,15)16/h3-6,8H,7H2,1-2H3,(H,17,19)(H,18,20). The van der Waals surface area contributed by atoms with E-state index >= 15 is 0 Å². The summed E-state index contributed by atoms with van der Waals surface area (Å²) < 4.78 is 36.1. The summed E-state index contributed by atoms with van der Waals surface area (Å²) in [7, 11) is 0.